The molecule has 2 N–H and O–H groups in total. The third-order valence-electron chi connectivity index (χ3n) is 6.20. The Morgan fingerprint density at radius 2 is 1.86 bits per heavy atom. The van der Waals surface area contributed by atoms with E-state index in [0.29, 0.717) is 17.8 Å². The third kappa shape index (κ3) is 0.294. The molecule has 0 aromatic carbocycles. The standard InChI is InChI=1S/C10H11NO2.ClH/c1-13-8(12)9-4-2-5-3(4)7(9)10(5,11)6(2)9;/h2-7H,11H2,1H3;1H. The van der Waals surface area contributed by atoms with Gasteiger partial charge in [0.25, 0.3) is 0 Å². The maximum atomic E-state index is 11.7. The maximum Gasteiger partial charge on any atom is 0.312 e. The first kappa shape index (κ1) is 7.94. The minimum atomic E-state index is -0.0480. The average Bonchev–Trinajstić information content (AvgIpc) is 2.15. The van der Waals surface area contributed by atoms with Crippen LogP contribution in [0.3, 0.4) is 0 Å². The Hall–Kier alpha value is -0.280. The third-order valence-corrected chi connectivity index (χ3v) is 6.20. The molecule has 0 aliphatic heterocycles. The van der Waals surface area contributed by atoms with Gasteiger partial charge in [0.1, 0.15) is 0 Å². The quantitative estimate of drug-likeness (QED) is 0.626. The SMILES string of the molecule is COC(=O)C12C3C4C5C3C1C5(N)C42.Cl. The number of carbonyl (C=O) groups excluding carboxylic acids is 1. The van der Waals surface area contributed by atoms with Crippen LogP contribution in [0, 0.1) is 40.9 Å². The summed E-state index contributed by atoms with van der Waals surface area (Å²) in [5, 5.41) is 0. The Balaban J connectivity index is 0.000000578. The van der Waals surface area contributed by atoms with E-state index in [1.807, 2.05) is 0 Å². The van der Waals surface area contributed by atoms with Crippen molar-refractivity contribution in [1.82, 2.24) is 0 Å². The Bertz CT molecular complexity index is 376. The van der Waals surface area contributed by atoms with Gasteiger partial charge in [-0.2, -0.15) is 0 Å². The minimum absolute atomic E-state index is 0. The summed E-state index contributed by atoms with van der Waals surface area (Å²) in [7, 11) is 1.51. The topological polar surface area (TPSA) is 52.3 Å². The van der Waals surface area contributed by atoms with Crippen molar-refractivity contribution >= 4 is 18.4 Å². The van der Waals surface area contributed by atoms with Gasteiger partial charge >= 0.3 is 5.97 Å². The molecule has 4 heteroatoms. The van der Waals surface area contributed by atoms with Crippen molar-refractivity contribution in [3.8, 4) is 0 Å². The first-order chi connectivity index (χ1) is 6.21. The highest BCUT2D eigenvalue weighted by Crippen LogP contribution is 3.06. The molecule has 4 atom stereocenters. The second-order valence-electron chi connectivity index (χ2n) is 5.59. The predicted octanol–water partition coefficient (Wildman–Crippen LogP) is 0.0303. The van der Waals surface area contributed by atoms with E-state index in [1.165, 1.54) is 7.11 Å². The van der Waals surface area contributed by atoms with Gasteiger partial charge in [0.15, 0.2) is 0 Å². The molecule has 3 nitrogen and oxygen atoms in total. The van der Waals surface area contributed by atoms with Crippen molar-refractivity contribution in [3.63, 3.8) is 0 Å². The molecule has 6 saturated carbocycles. The van der Waals surface area contributed by atoms with Crippen LogP contribution in [0.25, 0.3) is 0 Å². The van der Waals surface area contributed by atoms with E-state index in [2.05, 4.69) is 0 Å². The van der Waals surface area contributed by atoms with Crippen LogP contribution in [0.1, 0.15) is 0 Å². The van der Waals surface area contributed by atoms with E-state index >= 15 is 0 Å². The van der Waals surface area contributed by atoms with E-state index in [4.69, 9.17) is 10.5 Å². The monoisotopic (exact) mass is 213 g/mol. The zero-order chi connectivity index (χ0) is 8.75. The minimum Gasteiger partial charge on any atom is -0.469 e. The Labute approximate surface area is 87.8 Å². The highest BCUT2D eigenvalue weighted by molar-refractivity contribution is 5.89. The van der Waals surface area contributed by atoms with Gasteiger partial charge in [-0.25, -0.2) is 0 Å². The zero-order valence-corrected chi connectivity index (χ0v) is 8.58. The summed E-state index contributed by atoms with van der Waals surface area (Å²) >= 11 is 0. The molecular formula is C10H12ClNO2. The largest absolute Gasteiger partial charge is 0.469 e. The summed E-state index contributed by atoms with van der Waals surface area (Å²) in [6.07, 6.45) is 0. The Morgan fingerprint density at radius 3 is 2.29 bits per heavy atom. The molecule has 0 radical (unpaired) electrons. The van der Waals surface area contributed by atoms with E-state index in [-0.39, 0.29) is 29.3 Å². The van der Waals surface area contributed by atoms with Gasteiger partial charge in [0.05, 0.1) is 12.5 Å². The molecule has 0 spiro atoms. The van der Waals surface area contributed by atoms with Crippen LogP contribution in [0.4, 0.5) is 0 Å². The van der Waals surface area contributed by atoms with Gasteiger partial charge < -0.3 is 10.5 Å². The summed E-state index contributed by atoms with van der Waals surface area (Å²) in [4.78, 5) is 11.7. The molecule has 76 valence electrons. The lowest BCUT2D eigenvalue weighted by molar-refractivity contribution is -0.604. The fourth-order valence-corrected chi connectivity index (χ4v) is 6.29. The first-order valence-electron chi connectivity index (χ1n) is 5.09. The van der Waals surface area contributed by atoms with Crippen LogP contribution < -0.4 is 5.73 Å². The fourth-order valence-electron chi connectivity index (χ4n) is 6.29. The molecule has 0 heterocycles. The van der Waals surface area contributed by atoms with E-state index in [9.17, 15) is 4.79 Å². The number of hydrogen-bond donors (Lipinski definition) is 1. The van der Waals surface area contributed by atoms with Gasteiger partial charge in [-0.05, 0) is 35.5 Å². The summed E-state index contributed by atoms with van der Waals surface area (Å²) in [6.45, 7) is 0. The van der Waals surface area contributed by atoms with Gasteiger partial charge in [-0.3, -0.25) is 4.79 Å². The van der Waals surface area contributed by atoms with Crippen molar-refractivity contribution in [2.24, 2.45) is 46.7 Å². The predicted molar refractivity (Wildman–Crippen MR) is 49.6 cm³/mol. The van der Waals surface area contributed by atoms with Crippen LogP contribution >= 0.6 is 12.4 Å². The number of nitrogens with two attached hydrogens (primary N) is 1. The number of ether oxygens (including phenoxy) is 1. The van der Waals surface area contributed by atoms with E-state index < -0.39 is 0 Å². The van der Waals surface area contributed by atoms with Crippen LogP contribution in [0.15, 0.2) is 0 Å². The van der Waals surface area contributed by atoms with Gasteiger partial charge in [0, 0.05) is 5.54 Å². The molecule has 14 heavy (non-hydrogen) atoms. The fraction of sp³-hybridized carbons (Fsp3) is 0.900. The molecule has 6 fully saturated rings. The molecule has 6 aliphatic carbocycles. The molecule has 0 aromatic rings. The summed E-state index contributed by atoms with van der Waals surface area (Å²) in [5.74, 6) is 4.27. The van der Waals surface area contributed by atoms with Gasteiger partial charge in [-0.1, -0.05) is 0 Å². The van der Waals surface area contributed by atoms with Crippen molar-refractivity contribution in [1.29, 1.82) is 0 Å². The molecule has 0 aromatic heterocycles. The van der Waals surface area contributed by atoms with Crippen LogP contribution in [0.2, 0.25) is 0 Å². The number of rotatable bonds is 1. The molecule has 6 aliphatic rings. The number of carbonyl (C=O) groups is 1. The van der Waals surface area contributed by atoms with E-state index in [0.717, 1.165) is 17.8 Å². The lowest BCUT2D eigenvalue weighted by Gasteiger charge is -3.09. The summed E-state index contributed by atoms with van der Waals surface area (Å²) < 4.78 is 4.91. The summed E-state index contributed by atoms with van der Waals surface area (Å²) in [6, 6.07) is 0. The van der Waals surface area contributed by atoms with Gasteiger partial charge in [0.2, 0.25) is 0 Å². The average molecular weight is 214 g/mol. The first-order valence-corrected chi connectivity index (χ1v) is 5.09. The molecule has 6 rings (SSSR count). The highest BCUT2D eigenvalue weighted by atomic mass is 35.5. The summed E-state index contributed by atoms with van der Waals surface area (Å²) in [5.41, 5.74) is 6.31. The Morgan fingerprint density at radius 1 is 1.29 bits per heavy atom. The number of halogens is 1. The molecule has 4 unspecified atom stereocenters. The van der Waals surface area contributed by atoms with Crippen molar-refractivity contribution in [2.45, 2.75) is 5.54 Å². The normalized spacial score (nSPS) is 76.1. The lowest BCUT2D eigenvalue weighted by atomic mass is 8.94. The van der Waals surface area contributed by atoms with Crippen LogP contribution in [-0.2, 0) is 9.53 Å². The smallest absolute Gasteiger partial charge is 0.312 e. The molecular weight excluding hydrogens is 202 g/mol. The molecule has 0 amide bonds. The highest BCUT2D eigenvalue weighted by Gasteiger charge is 3.11. The number of hydrogen-bond acceptors (Lipinski definition) is 3. The maximum absolute atomic E-state index is 11.7. The second kappa shape index (κ2) is 1.54. The molecule has 0 saturated heterocycles. The number of esters is 1. The van der Waals surface area contributed by atoms with E-state index in [1.54, 1.807) is 0 Å². The van der Waals surface area contributed by atoms with Crippen molar-refractivity contribution in [3.05, 3.63) is 0 Å². The zero-order valence-electron chi connectivity index (χ0n) is 7.77. The molecule has 0 bridgehead atoms. The number of methoxy groups -OCH3 is 1. The lowest BCUT2D eigenvalue weighted by Crippen LogP contribution is -3.16. The van der Waals surface area contributed by atoms with Crippen molar-refractivity contribution < 1.29 is 9.53 Å². The second-order valence-corrected chi connectivity index (χ2v) is 5.59. The van der Waals surface area contributed by atoms with Crippen molar-refractivity contribution in [2.75, 3.05) is 7.11 Å². The van der Waals surface area contributed by atoms with Crippen LogP contribution in [-0.4, -0.2) is 18.6 Å². The Kier molecular flexibility index (Phi) is 0.872. The van der Waals surface area contributed by atoms with Crippen LogP contribution in [0.5, 0.6) is 0 Å². The van der Waals surface area contributed by atoms with Gasteiger partial charge in [-0.15, -0.1) is 12.4 Å².